The van der Waals surface area contributed by atoms with Gasteiger partial charge in [0.2, 0.25) is 0 Å². The summed E-state index contributed by atoms with van der Waals surface area (Å²) in [7, 11) is 0. The van der Waals surface area contributed by atoms with Crippen LogP contribution in [-0.2, 0) is 6.42 Å². The van der Waals surface area contributed by atoms with Crippen LogP contribution in [0.3, 0.4) is 0 Å². The normalized spacial score (nSPS) is 18.0. The number of amides is 1. The molecule has 1 aromatic heterocycles. The molecule has 0 radical (unpaired) electrons. The molecule has 1 aliphatic heterocycles. The Morgan fingerprint density at radius 2 is 1.74 bits per heavy atom. The second kappa shape index (κ2) is 10.0. The number of hydrogen-bond acceptors (Lipinski definition) is 4. The molecule has 2 heterocycles. The molecule has 0 saturated carbocycles. The van der Waals surface area contributed by atoms with Crippen molar-refractivity contribution in [2.24, 2.45) is 11.7 Å². The van der Waals surface area contributed by atoms with E-state index in [-0.39, 0.29) is 6.04 Å². The number of aryl methyl sites for hydroxylation is 1. The van der Waals surface area contributed by atoms with Crippen LogP contribution in [0, 0.1) is 29.2 Å². The molecule has 1 saturated heterocycles. The van der Waals surface area contributed by atoms with Crippen molar-refractivity contribution in [1.29, 1.82) is 0 Å². The summed E-state index contributed by atoms with van der Waals surface area (Å²) in [6, 6.07) is 4.58. The predicted octanol–water partition coefficient (Wildman–Crippen LogP) is 5.29. The van der Waals surface area contributed by atoms with Crippen LogP contribution in [0.25, 0.3) is 11.1 Å². The van der Waals surface area contributed by atoms with Crippen molar-refractivity contribution in [3.05, 3.63) is 77.1 Å². The minimum atomic E-state index is -1.36. The number of nitrogens with two attached hydrogens (primary N) is 1. The molecule has 2 atom stereocenters. The van der Waals surface area contributed by atoms with Gasteiger partial charge in [-0.3, -0.25) is 9.78 Å². The van der Waals surface area contributed by atoms with E-state index < -0.39 is 45.9 Å². The molecule has 2 aromatic carbocycles. The third-order valence-electron chi connectivity index (χ3n) is 6.18. The second-order valence-electron chi connectivity index (χ2n) is 8.89. The van der Waals surface area contributed by atoms with Crippen LogP contribution < -0.4 is 16.0 Å². The van der Waals surface area contributed by atoms with Crippen molar-refractivity contribution >= 4 is 17.3 Å². The van der Waals surface area contributed by atoms with E-state index in [1.54, 1.807) is 6.20 Å². The minimum absolute atomic E-state index is 0.0482. The number of anilines is 2. The van der Waals surface area contributed by atoms with Gasteiger partial charge in [0.05, 0.1) is 34.3 Å². The Balaban J connectivity index is 1.74. The highest BCUT2D eigenvalue weighted by atomic mass is 19.1. The first-order chi connectivity index (χ1) is 16.7. The van der Waals surface area contributed by atoms with E-state index in [0.29, 0.717) is 24.6 Å². The fourth-order valence-corrected chi connectivity index (χ4v) is 4.69. The van der Waals surface area contributed by atoms with Gasteiger partial charge in [0.1, 0.15) is 23.3 Å². The lowest BCUT2D eigenvalue weighted by Gasteiger charge is -2.38. The Labute approximate surface area is 201 Å². The maximum absolute atomic E-state index is 15.4. The number of carbonyl (C=O) groups excluding carboxylic acids is 1. The number of aromatic nitrogens is 1. The average molecular weight is 487 g/mol. The fourth-order valence-electron chi connectivity index (χ4n) is 4.69. The predicted molar refractivity (Wildman–Crippen MR) is 127 cm³/mol. The van der Waals surface area contributed by atoms with E-state index in [9.17, 15) is 18.0 Å². The molecule has 1 fully saturated rings. The van der Waals surface area contributed by atoms with Crippen LogP contribution in [0.1, 0.15) is 36.2 Å². The standard InChI is InChI=1S/C26H26F4N4O/c1-3-15-10-32-11-21(25(15)34-12-14(2)9-16(31)13-34)33-26(35)17-7-8-20(29)23(24(17)30)22-18(27)5-4-6-19(22)28/h4-8,10-11,14,16H,3,9,12-13,31H2,1-2H3,(H,33,35)/t14-,16+/m1/s1. The van der Waals surface area contributed by atoms with Crippen LogP contribution >= 0.6 is 0 Å². The molecule has 4 rings (SSSR count). The third kappa shape index (κ3) is 4.86. The van der Waals surface area contributed by atoms with Crippen molar-refractivity contribution < 1.29 is 22.4 Å². The first-order valence-corrected chi connectivity index (χ1v) is 11.4. The topological polar surface area (TPSA) is 71.2 Å². The highest BCUT2D eigenvalue weighted by Crippen LogP contribution is 2.35. The zero-order valence-electron chi connectivity index (χ0n) is 19.4. The first-order valence-electron chi connectivity index (χ1n) is 11.4. The van der Waals surface area contributed by atoms with Crippen LogP contribution in [0.5, 0.6) is 0 Å². The minimum Gasteiger partial charge on any atom is -0.368 e. The molecule has 35 heavy (non-hydrogen) atoms. The van der Waals surface area contributed by atoms with Gasteiger partial charge in [-0.15, -0.1) is 0 Å². The molecule has 1 aliphatic rings. The van der Waals surface area contributed by atoms with Crippen molar-refractivity contribution in [3.63, 3.8) is 0 Å². The van der Waals surface area contributed by atoms with Gasteiger partial charge >= 0.3 is 0 Å². The van der Waals surface area contributed by atoms with Gasteiger partial charge in [0, 0.05) is 25.3 Å². The maximum Gasteiger partial charge on any atom is 0.258 e. The summed E-state index contributed by atoms with van der Waals surface area (Å²) >= 11 is 0. The van der Waals surface area contributed by atoms with E-state index in [4.69, 9.17) is 5.73 Å². The lowest BCUT2D eigenvalue weighted by atomic mass is 9.95. The van der Waals surface area contributed by atoms with E-state index in [1.807, 2.05) is 6.92 Å². The van der Waals surface area contributed by atoms with Crippen LogP contribution in [-0.4, -0.2) is 30.0 Å². The van der Waals surface area contributed by atoms with Crippen LogP contribution in [0.4, 0.5) is 28.9 Å². The molecule has 5 nitrogen and oxygen atoms in total. The molecule has 184 valence electrons. The number of hydrogen-bond donors (Lipinski definition) is 2. The monoisotopic (exact) mass is 486 g/mol. The molecule has 0 unspecified atom stereocenters. The van der Waals surface area contributed by atoms with Gasteiger partial charge in [-0.25, -0.2) is 17.6 Å². The second-order valence-corrected chi connectivity index (χ2v) is 8.89. The van der Waals surface area contributed by atoms with Crippen molar-refractivity contribution in [2.75, 3.05) is 23.3 Å². The molecule has 0 bridgehead atoms. The van der Waals surface area contributed by atoms with Gasteiger partial charge in [-0.05, 0) is 48.6 Å². The number of nitrogens with one attached hydrogen (secondary N) is 1. The summed E-state index contributed by atoms with van der Waals surface area (Å²) in [6.07, 6.45) is 4.66. The quantitative estimate of drug-likeness (QED) is 0.481. The van der Waals surface area contributed by atoms with Crippen molar-refractivity contribution in [3.8, 4) is 11.1 Å². The molecule has 9 heteroatoms. The number of halogens is 4. The summed E-state index contributed by atoms with van der Waals surface area (Å²) in [5, 5.41) is 2.66. The van der Waals surface area contributed by atoms with Gasteiger partial charge in [0.25, 0.3) is 5.91 Å². The summed E-state index contributed by atoms with van der Waals surface area (Å²) in [4.78, 5) is 19.4. The molecule has 3 aromatic rings. The number of benzene rings is 2. The number of nitrogens with zero attached hydrogens (tertiary/aromatic N) is 2. The Kier molecular flexibility index (Phi) is 7.07. The summed E-state index contributed by atoms with van der Waals surface area (Å²) in [5.41, 5.74) is 5.81. The SMILES string of the molecule is CCc1cncc(NC(=O)c2ccc(F)c(-c3c(F)cccc3F)c2F)c1N1C[C@H](C)C[C@H](N)C1. The molecular weight excluding hydrogens is 460 g/mol. The zero-order chi connectivity index (χ0) is 25.3. The van der Waals surface area contributed by atoms with E-state index in [1.165, 1.54) is 6.20 Å². The highest BCUT2D eigenvalue weighted by molar-refractivity contribution is 6.07. The summed E-state index contributed by atoms with van der Waals surface area (Å²) < 4.78 is 58.4. The third-order valence-corrected chi connectivity index (χ3v) is 6.18. The highest BCUT2D eigenvalue weighted by Gasteiger charge is 2.28. The number of carbonyl (C=O) groups is 1. The lowest BCUT2D eigenvalue weighted by molar-refractivity contribution is 0.102. The Morgan fingerprint density at radius 1 is 1.06 bits per heavy atom. The molecular formula is C26H26F4N4O. The fraction of sp³-hybridized carbons (Fsp3) is 0.308. The molecule has 0 aliphatic carbocycles. The number of pyridine rings is 1. The van der Waals surface area contributed by atoms with Gasteiger partial charge < -0.3 is 16.0 Å². The number of piperidine rings is 1. The Morgan fingerprint density at radius 3 is 2.40 bits per heavy atom. The van der Waals surface area contributed by atoms with E-state index >= 15 is 4.39 Å². The van der Waals surface area contributed by atoms with Crippen LogP contribution in [0.2, 0.25) is 0 Å². The van der Waals surface area contributed by atoms with Gasteiger partial charge in [-0.1, -0.05) is 19.9 Å². The maximum atomic E-state index is 15.4. The summed E-state index contributed by atoms with van der Waals surface area (Å²) in [6.45, 7) is 5.34. The largest absolute Gasteiger partial charge is 0.368 e. The Bertz CT molecular complexity index is 1240. The summed E-state index contributed by atoms with van der Waals surface area (Å²) in [5.74, 6) is -5.40. The van der Waals surface area contributed by atoms with Gasteiger partial charge in [0.15, 0.2) is 0 Å². The number of rotatable bonds is 5. The first kappa shape index (κ1) is 24.7. The van der Waals surface area contributed by atoms with E-state index in [0.717, 1.165) is 54.5 Å². The molecule has 0 spiro atoms. The van der Waals surface area contributed by atoms with Gasteiger partial charge in [-0.2, -0.15) is 0 Å². The van der Waals surface area contributed by atoms with E-state index in [2.05, 4.69) is 22.1 Å². The lowest BCUT2D eigenvalue weighted by Crippen LogP contribution is -2.47. The Hall–Kier alpha value is -3.46. The van der Waals surface area contributed by atoms with Crippen LogP contribution in [0.15, 0.2) is 42.7 Å². The average Bonchev–Trinajstić information content (AvgIpc) is 2.80. The molecule has 3 N–H and O–H groups in total. The van der Waals surface area contributed by atoms with Crippen molar-refractivity contribution in [2.45, 2.75) is 32.7 Å². The smallest absolute Gasteiger partial charge is 0.258 e. The molecule has 1 amide bonds. The van der Waals surface area contributed by atoms with Crippen molar-refractivity contribution in [1.82, 2.24) is 4.98 Å². The zero-order valence-corrected chi connectivity index (χ0v) is 19.4.